The molecule has 2 aromatic rings. The Kier molecular flexibility index (Phi) is 6.64. The minimum absolute atomic E-state index is 0.152. The van der Waals surface area contributed by atoms with Crippen LogP contribution in [-0.4, -0.2) is 18.3 Å². The van der Waals surface area contributed by atoms with E-state index in [4.69, 9.17) is 0 Å². The first-order valence-electron chi connectivity index (χ1n) is 7.94. The first-order chi connectivity index (χ1) is 12.7. The van der Waals surface area contributed by atoms with Crippen LogP contribution in [0.3, 0.4) is 0 Å². The zero-order chi connectivity index (χ0) is 19.9. The monoisotopic (exact) mass is 381 g/mol. The fraction of sp³-hybridized carbons (Fsp3) is 0.222. The smallest absolute Gasteiger partial charge is 0.406 e. The lowest BCUT2D eigenvalue weighted by molar-refractivity contribution is -0.274. The molecular formula is C18H18F3N3O3. The summed E-state index contributed by atoms with van der Waals surface area (Å²) in [5.41, 5.74) is 2.13. The van der Waals surface area contributed by atoms with E-state index in [2.05, 4.69) is 20.7 Å². The van der Waals surface area contributed by atoms with Crippen molar-refractivity contribution in [3.05, 3.63) is 59.7 Å². The summed E-state index contributed by atoms with van der Waals surface area (Å²) in [4.78, 5) is 22.8. The summed E-state index contributed by atoms with van der Waals surface area (Å²) in [6.07, 6.45) is -4.74. The van der Waals surface area contributed by atoms with E-state index in [9.17, 15) is 22.8 Å². The van der Waals surface area contributed by atoms with Crippen LogP contribution in [0.4, 0.5) is 23.7 Å². The number of carbonyl (C=O) groups excluding carboxylic acids is 2. The number of alkyl halides is 3. The lowest BCUT2D eigenvalue weighted by Crippen LogP contribution is -2.34. The van der Waals surface area contributed by atoms with Crippen molar-refractivity contribution in [3.8, 4) is 5.75 Å². The van der Waals surface area contributed by atoms with E-state index >= 15 is 0 Å². The number of rotatable bonds is 6. The van der Waals surface area contributed by atoms with Gasteiger partial charge in [-0.15, -0.1) is 13.2 Å². The average Bonchev–Trinajstić information content (AvgIpc) is 2.59. The maximum absolute atomic E-state index is 12.1. The molecule has 2 rings (SSSR count). The molecular weight excluding hydrogens is 363 g/mol. The highest BCUT2D eigenvalue weighted by Gasteiger charge is 2.30. The summed E-state index contributed by atoms with van der Waals surface area (Å²) in [5.74, 6) is -0.489. The van der Waals surface area contributed by atoms with Gasteiger partial charge in [0, 0.05) is 25.7 Å². The highest BCUT2D eigenvalue weighted by Crippen LogP contribution is 2.22. The number of benzene rings is 2. The van der Waals surface area contributed by atoms with Gasteiger partial charge in [0.15, 0.2) is 0 Å². The van der Waals surface area contributed by atoms with Crippen LogP contribution in [0, 0.1) is 0 Å². The quantitative estimate of drug-likeness (QED) is 0.716. The molecule has 3 amide bonds. The molecule has 0 aromatic heterocycles. The van der Waals surface area contributed by atoms with Crippen LogP contribution in [0.1, 0.15) is 18.1 Å². The molecule has 0 saturated carbocycles. The number of anilines is 1. The Bertz CT molecular complexity index is 775. The summed E-state index contributed by atoms with van der Waals surface area (Å²) in [5, 5.41) is 7.91. The van der Waals surface area contributed by atoms with E-state index in [1.54, 1.807) is 24.3 Å². The molecule has 0 spiro atoms. The maximum Gasteiger partial charge on any atom is 0.573 e. The SMILES string of the molecule is CC(=O)Nc1ccc(CNC(=O)NCc2ccc(OC(F)(F)F)cc2)cc1. The third-order valence-electron chi connectivity index (χ3n) is 3.34. The average molecular weight is 381 g/mol. The molecule has 0 bridgehead atoms. The zero-order valence-electron chi connectivity index (χ0n) is 14.4. The summed E-state index contributed by atoms with van der Waals surface area (Å²) in [6, 6.07) is 11.8. The van der Waals surface area contributed by atoms with Gasteiger partial charge in [-0.2, -0.15) is 0 Å². The molecule has 0 unspecified atom stereocenters. The lowest BCUT2D eigenvalue weighted by Gasteiger charge is -2.10. The van der Waals surface area contributed by atoms with Crippen molar-refractivity contribution in [1.29, 1.82) is 0 Å². The fourth-order valence-corrected chi connectivity index (χ4v) is 2.15. The molecule has 0 fully saturated rings. The van der Waals surface area contributed by atoms with E-state index in [1.807, 2.05) is 0 Å². The topological polar surface area (TPSA) is 79.5 Å². The van der Waals surface area contributed by atoms with Crippen LogP contribution in [0.2, 0.25) is 0 Å². The number of nitrogens with one attached hydrogen (secondary N) is 3. The van der Waals surface area contributed by atoms with Gasteiger partial charge in [-0.3, -0.25) is 4.79 Å². The molecule has 2 aromatic carbocycles. The normalized spacial score (nSPS) is 10.8. The summed E-state index contributed by atoms with van der Waals surface area (Å²) in [6.45, 7) is 1.85. The minimum Gasteiger partial charge on any atom is -0.406 e. The Morgan fingerprint density at radius 1 is 0.889 bits per heavy atom. The predicted molar refractivity (Wildman–Crippen MR) is 92.9 cm³/mol. The van der Waals surface area contributed by atoms with E-state index in [0.717, 1.165) is 5.56 Å². The van der Waals surface area contributed by atoms with Crippen molar-refractivity contribution in [1.82, 2.24) is 10.6 Å². The van der Waals surface area contributed by atoms with Crippen molar-refractivity contribution >= 4 is 17.6 Å². The molecule has 0 aliphatic heterocycles. The summed E-state index contributed by atoms with van der Waals surface area (Å²) in [7, 11) is 0. The van der Waals surface area contributed by atoms with Crippen LogP contribution >= 0.6 is 0 Å². The maximum atomic E-state index is 12.1. The first-order valence-corrected chi connectivity index (χ1v) is 7.94. The van der Waals surface area contributed by atoms with Crippen molar-refractivity contribution < 1.29 is 27.5 Å². The van der Waals surface area contributed by atoms with Gasteiger partial charge in [0.25, 0.3) is 0 Å². The molecule has 0 saturated heterocycles. The largest absolute Gasteiger partial charge is 0.573 e. The Morgan fingerprint density at radius 2 is 1.37 bits per heavy atom. The Labute approximate surface area is 153 Å². The number of urea groups is 1. The van der Waals surface area contributed by atoms with Crippen molar-refractivity contribution in [3.63, 3.8) is 0 Å². The number of hydrogen-bond donors (Lipinski definition) is 3. The van der Waals surface area contributed by atoms with Crippen molar-refractivity contribution in [2.75, 3.05) is 5.32 Å². The van der Waals surface area contributed by atoms with E-state index in [-0.39, 0.29) is 24.7 Å². The lowest BCUT2D eigenvalue weighted by atomic mass is 10.2. The van der Waals surface area contributed by atoms with Crippen LogP contribution in [-0.2, 0) is 17.9 Å². The third kappa shape index (κ3) is 7.68. The molecule has 6 nitrogen and oxygen atoms in total. The fourth-order valence-electron chi connectivity index (χ4n) is 2.15. The number of hydrogen-bond acceptors (Lipinski definition) is 3. The molecule has 0 aliphatic carbocycles. The second-order valence-corrected chi connectivity index (χ2v) is 5.61. The Morgan fingerprint density at radius 3 is 1.81 bits per heavy atom. The van der Waals surface area contributed by atoms with E-state index in [0.29, 0.717) is 11.3 Å². The number of amides is 3. The second kappa shape index (κ2) is 8.93. The minimum atomic E-state index is -4.74. The van der Waals surface area contributed by atoms with Crippen molar-refractivity contribution in [2.24, 2.45) is 0 Å². The standard InChI is InChI=1S/C18H18F3N3O3/c1-12(25)24-15-6-2-13(3-7-15)10-22-17(26)23-11-14-4-8-16(9-5-14)27-18(19,20)21/h2-9H,10-11H2,1H3,(H,24,25)(H2,22,23,26). The molecule has 9 heteroatoms. The second-order valence-electron chi connectivity index (χ2n) is 5.61. The molecule has 0 aliphatic rings. The van der Waals surface area contributed by atoms with Crippen molar-refractivity contribution in [2.45, 2.75) is 26.4 Å². The summed E-state index contributed by atoms with van der Waals surface area (Å²) >= 11 is 0. The first kappa shape index (κ1) is 20.1. The van der Waals surface area contributed by atoms with Crippen LogP contribution in [0.15, 0.2) is 48.5 Å². The molecule has 27 heavy (non-hydrogen) atoms. The van der Waals surface area contributed by atoms with Gasteiger partial charge in [0.05, 0.1) is 0 Å². The van der Waals surface area contributed by atoms with E-state index < -0.39 is 12.4 Å². The number of ether oxygens (including phenoxy) is 1. The summed E-state index contributed by atoms with van der Waals surface area (Å²) < 4.78 is 40.1. The molecule has 0 atom stereocenters. The molecule has 144 valence electrons. The van der Waals surface area contributed by atoms with Crippen LogP contribution in [0.25, 0.3) is 0 Å². The highest BCUT2D eigenvalue weighted by molar-refractivity contribution is 5.88. The van der Waals surface area contributed by atoms with Gasteiger partial charge < -0.3 is 20.7 Å². The van der Waals surface area contributed by atoms with Crippen LogP contribution in [0.5, 0.6) is 5.75 Å². The Balaban J connectivity index is 1.75. The van der Waals surface area contributed by atoms with Gasteiger partial charge in [-0.25, -0.2) is 4.79 Å². The third-order valence-corrected chi connectivity index (χ3v) is 3.34. The van der Waals surface area contributed by atoms with Gasteiger partial charge in [0.2, 0.25) is 5.91 Å². The molecule has 0 radical (unpaired) electrons. The zero-order valence-corrected chi connectivity index (χ0v) is 14.4. The van der Waals surface area contributed by atoms with Gasteiger partial charge in [-0.05, 0) is 35.4 Å². The van der Waals surface area contributed by atoms with E-state index in [1.165, 1.54) is 31.2 Å². The predicted octanol–water partition coefficient (Wildman–Crippen LogP) is 3.54. The van der Waals surface area contributed by atoms with Gasteiger partial charge >= 0.3 is 12.4 Å². The molecule has 0 heterocycles. The number of halogens is 3. The van der Waals surface area contributed by atoms with Gasteiger partial charge in [0.1, 0.15) is 5.75 Å². The van der Waals surface area contributed by atoms with Crippen LogP contribution < -0.4 is 20.7 Å². The molecule has 3 N–H and O–H groups in total. The van der Waals surface area contributed by atoms with Gasteiger partial charge in [-0.1, -0.05) is 24.3 Å². The highest BCUT2D eigenvalue weighted by atomic mass is 19.4. The Hall–Kier alpha value is -3.23. The number of carbonyl (C=O) groups is 2.